The van der Waals surface area contributed by atoms with Crippen molar-refractivity contribution >= 4 is 22.7 Å². The third-order valence-corrected chi connectivity index (χ3v) is 2.53. The van der Waals surface area contributed by atoms with E-state index in [4.69, 9.17) is 9.37 Å². The van der Waals surface area contributed by atoms with Gasteiger partial charge in [-0.05, 0) is 22.4 Å². The number of nitrogens with one attached hydrogen (secondary N) is 2. The van der Waals surface area contributed by atoms with Crippen molar-refractivity contribution < 1.29 is 9.37 Å². The van der Waals surface area contributed by atoms with E-state index in [-0.39, 0.29) is 0 Å². The van der Waals surface area contributed by atoms with Crippen LogP contribution in [0.25, 0.3) is 11.0 Å². The molecular formula is C10H11N5O2. The lowest BCUT2D eigenvalue weighted by Gasteiger charge is -2.10. The zero-order chi connectivity index (χ0) is 11.7. The van der Waals surface area contributed by atoms with Crippen LogP contribution >= 0.6 is 0 Å². The number of nitrogens with zero attached hydrogens (tertiary/aromatic N) is 3. The van der Waals surface area contributed by atoms with Crippen LogP contribution in [-0.4, -0.2) is 36.5 Å². The van der Waals surface area contributed by atoms with Crippen molar-refractivity contribution in [2.24, 2.45) is 4.99 Å². The Morgan fingerprint density at radius 2 is 2.35 bits per heavy atom. The maximum atomic E-state index is 5.28. The van der Waals surface area contributed by atoms with Gasteiger partial charge in [0.2, 0.25) is 0 Å². The molecule has 0 aliphatic carbocycles. The Morgan fingerprint density at radius 1 is 1.41 bits per heavy atom. The molecule has 1 aliphatic rings. The zero-order valence-electron chi connectivity index (χ0n) is 9.23. The fourth-order valence-corrected chi connectivity index (χ4v) is 1.72. The average molecular weight is 233 g/mol. The van der Waals surface area contributed by atoms with Gasteiger partial charge in [0.15, 0.2) is 11.5 Å². The molecule has 0 amide bonds. The normalized spacial score (nSPS) is 14.5. The van der Waals surface area contributed by atoms with Crippen LogP contribution in [0.2, 0.25) is 0 Å². The van der Waals surface area contributed by atoms with Crippen molar-refractivity contribution in [3.63, 3.8) is 0 Å². The second-order valence-electron chi connectivity index (χ2n) is 3.56. The van der Waals surface area contributed by atoms with Gasteiger partial charge in [-0.2, -0.15) is 0 Å². The summed E-state index contributed by atoms with van der Waals surface area (Å²) in [6.45, 7) is 1.59. The summed E-state index contributed by atoms with van der Waals surface area (Å²) in [7, 11) is 1.60. The van der Waals surface area contributed by atoms with E-state index in [0.717, 1.165) is 13.1 Å². The Bertz CT molecular complexity index is 577. The monoisotopic (exact) mass is 233 g/mol. The average Bonchev–Trinajstić information content (AvgIpc) is 2.99. The summed E-state index contributed by atoms with van der Waals surface area (Å²) in [5, 5.41) is 13.9. The van der Waals surface area contributed by atoms with Crippen molar-refractivity contribution in [1.82, 2.24) is 15.6 Å². The molecule has 0 unspecified atom stereocenters. The van der Waals surface area contributed by atoms with Crippen molar-refractivity contribution in [3.05, 3.63) is 12.1 Å². The van der Waals surface area contributed by atoms with Crippen LogP contribution in [0.15, 0.2) is 21.8 Å². The fourth-order valence-electron chi connectivity index (χ4n) is 1.72. The Hall–Kier alpha value is -2.31. The molecule has 2 heterocycles. The number of anilines is 1. The molecule has 0 saturated carbocycles. The number of guanidine groups is 1. The first-order valence-corrected chi connectivity index (χ1v) is 5.23. The van der Waals surface area contributed by atoms with Crippen molar-refractivity contribution in [3.8, 4) is 5.75 Å². The van der Waals surface area contributed by atoms with Crippen molar-refractivity contribution in [2.75, 3.05) is 25.5 Å². The van der Waals surface area contributed by atoms with Gasteiger partial charge in [0, 0.05) is 6.54 Å². The van der Waals surface area contributed by atoms with E-state index >= 15 is 0 Å². The molecule has 0 radical (unpaired) electrons. The molecule has 1 aromatic carbocycles. The summed E-state index contributed by atoms with van der Waals surface area (Å²) in [6, 6.07) is 3.60. The van der Waals surface area contributed by atoms with Gasteiger partial charge in [0.1, 0.15) is 17.0 Å². The molecular weight excluding hydrogens is 222 g/mol. The minimum Gasteiger partial charge on any atom is -0.494 e. The van der Waals surface area contributed by atoms with E-state index in [1.807, 2.05) is 6.07 Å². The van der Waals surface area contributed by atoms with Crippen molar-refractivity contribution in [2.45, 2.75) is 0 Å². The highest BCUT2D eigenvalue weighted by atomic mass is 16.6. The molecule has 2 N–H and O–H groups in total. The van der Waals surface area contributed by atoms with Crippen LogP contribution in [0.1, 0.15) is 0 Å². The molecule has 1 aromatic heterocycles. The fraction of sp³-hybridized carbons (Fsp3) is 0.300. The number of methoxy groups -OCH3 is 1. The molecule has 0 spiro atoms. The highest BCUT2D eigenvalue weighted by Gasteiger charge is 2.15. The van der Waals surface area contributed by atoms with E-state index in [0.29, 0.717) is 28.4 Å². The molecule has 7 nitrogen and oxygen atoms in total. The quantitative estimate of drug-likeness (QED) is 0.790. The molecule has 0 bridgehead atoms. The number of aromatic nitrogens is 2. The Morgan fingerprint density at radius 3 is 3.12 bits per heavy atom. The molecule has 7 heteroatoms. The lowest BCUT2D eigenvalue weighted by molar-refractivity contribution is 0.315. The van der Waals surface area contributed by atoms with Crippen LogP contribution in [0.5, 0.6) is 5.75 Å². The maximum absolute atomic E-state index is 5.28. The van der Waals surface area contributed by atoms with E-state index in [2.05, 4.69) is 25.9 Å². The Kier molecular flexibility index (Phi) is 2.28. The van der Waals surface area contributed by atoms with Crippen LogP contribution in [0.4, 0.5) is 5.69 Å². The van der Waals surface area contributed by atoms with Crippen LogP contribution in [0, 0.1) is 0 Å². The van der Waals surface area contributed by atoms with Crippen LogP contribution in [0.3, 0.4) is 0 Å². The van der Waals surface area contributed by atoms with E-state index < -0.39 is 0 Å². The SMILES string of the molecule is COc1ccc2nonc2c1NC1=NCCN1. The lowest BCUT2D eigenvalue weighted by Crippen LogP contribution is -2.26. The first-order chi connectivity index (χ1) is 8.38. The van der Waals surface area contributed by atoms with Gasteiger partial charge in [-0.1, -0.05) is 0 Å². The summed E-state index contributed by atoms with van der Waals surface area (Å²) < 4.78 is 9.99. The summed E-state index contributed by atoms with van der Waals surface area (Å²) in [6.07, 6.45) is 0. The molecule has 17 heavy (non-hydrogen) atoms. The molecule has 3 rings (SSSR count). The van der Waals surface area contributed by atoms with E-state index in [1.54, 1.807) is 13.2 Å². The van der Waals surface area contributed by atoms with Gasteiger partial charge in [-0.3, -0.25) is 4.99 Å². The summed E-state index contributed by atoms with van der Waals surface area (Å²) >= 11 is 0. The van der Waals surface area contributed by atoms with Crippen LogP contribution in [-0.2, 0) is 0 Å². The summed E-state index contributed by atoms with van der Waals surface area (Å²) in [5.41, 5.74) is 2.01. The highest BCUT2D eigenvalue weighted by molar-refractivity contribution is 6.03. The Labute approximate surface area is 96.8 Å². The number of hydrogen-bond donors (Lipinski definition) is 2. The molecule has 0 saturated heterocycles. The molecule has 1 aliphatic heterocycles. The molecule has 0 fully saturated rings. The second kappa shape index (κ2) is 3.93. The number of benzene rings is 1. The van der Waals surface area contributed by atoms with Gasteiger partial charge < -0.3 is 15.4 Å². The van der Waals surface area contributed by atoms with Crippen molar-refractivity contribution in [1.29, 1.82) is 0 Å². The second-order valence-corrected chi connectivity index (χ2v) is 3.56. The van der Waals surface area contributed by atoms with Crippen LogP contribution < -0.4 is 15.4 Å². The first kappa shape index (κ1) is 9.88. The topological polar surface area (TPSA) is 84.6 Å². The lowest BCUT2D eigenvalue weighted by atomic mass is 10.2. The zero-order valence-corrected chi connectivity index (χ0v) is 9.23. The summed E-state index contributed by atoms with van der Waals surface area (Å²) in [5.74, 6) is 1.38. The van der Waals surface area contributed by atoms with Gasteiger partial charge in [0.25, 0.3) is 0 Å². The van der Waals surface area contributed by atoms with E-state index in [9.17, 15) is 0 Å². The summed E-state index contributed by atoms with van der Waals surface area (Å²) in [4.78, 5) is 4.26. The largest absolute Gasteiger partial charge is 0.494 e. The first-order valence-electron chi connectivity index (χ1n) is 5.23. The molecule has 88 valence electrons. The highest BCUT2D eigenvalue weighted by Crippen LogP contribution is 2.31. The third-order valence-electron chi connectivity index (χ3n) is 2.53. The number of aliphatic imine (C=N–C) groups is 1. The number of hydrogen-bond acceptors (Lipinski definition) is 7. The van der Waals surface area contributed by atoms with Gasteiger partial charge in [0.05, 0.1) is 13.7 Å². The number of ether oxygens (including phenoxy) is 1. The van der Waals surface area contributed by atoms with Gasteiger partial charge in [-0.15, -0.1) is 0 Å². The predicted octanol–water partition coefficient (Wildman–Crippen LogP) is 0.602. The van der Waals surface area contributed by atoms with Gasteiger partial charge >= 0.3 is 0 Å². The number of fused-ring (bicyclic) bond motifs is 1. The molecule has 2 aromatic rings. The smallest absolute Gasteiger partial charge is 0.196 e. The Balaban J connectivity index is 2.07. The molecule has 0 atom stereocenters. The minimum atomic E-state index is 0.626. The minimum absolute atomic E-state index is 0.626. The van der Waals surface area contributed by atoms with Gasteiger partial charge in [-0.25, -0.2) is 4.63 Å². The van der Waals surface area contributed by atoms with E-state index in [1.165, 1.54) is 0 Å². The standard InChI is InChI=1S/C10H11N5O2/c1-16-7-3-2-6-8(15-17-14-6)9(7)13-10-11-4-5-12-10/h2-3H,4-5H2,1H3,(H2,11,12,13). The number of rotatable bonds is 2. The third kappa shape index (κ3) is 1.65. The maximum Gasteiger partial charge on any atom is 0.196 e. The predicted molar refractivity (Wildman–Crippen MR) is 62.3 cm³/mol.